The van der Waals surface area contributed by atoms with Crippen LogP contribution >= 0.6 is 0 Å². The lowest BCUT2D eigenvalue weighted by Gasteiger charge is -2.39. The molecule has 0 aliphatic carbocycles. The van der Waals surface area contributed by atoms with Crippen molar-refractivity contribution in [3.8, 4) is 11.5 Å². The Bertz CT molecular complexity index is 1140. The van der Waals surface area contributed by atoms with E-state index in [-0.39, 0.29) is 18.1 Å². The van der Waals surface area contributed by atoms with E-state index in [0.717, 1.165) is 47.7 Å². The van der Waals surface area contributed by atoms with Crippen molar-refractivity contribution in [1.29, 1.82) is 0 Å². The van der Waals surface area contributed by atoms with Gasteiger partial charge in [-0.3, -0.25) is 4.79 Å². The number of nitrogens with one attached hydrogen (secondary N) is 1. The summed E-state index contributed by atoms with van der Waals surface area (Å²) in [5.74, 6) is 1.93. The van der Waals surface area contributed by atoms with E-state index in [4.69, 9.17) is 10.5 Å². The van der Waals surface area contributed by atoms with Crippen LogP contribution in [0.4, 0.5) is 0 Å². The number of benzene rings is 2. The molecule has 3 N–H and O–H groups in total. The monoisotopic (exact) mass is 442 g/mol. The number of piperidine rings is 1. The number of amides is 1. The summed E-state index contributed by atoms with van der Waals surface area (Å²) >= 11 is 0. The van der Waals surface area contributed by atoms with Crippen LogP contribution in [0.1, 0.15) is 18.4 Å². The molecule has 3 aliphatic rings. The van der Waals surface area contributed by atoms with Crippen LogP contribution in [0.15, 0.2) is 82.8 Å². The lowest BCUT2D eigenvalue weighted by molar-refractivity contribution is -0.128. The van der Waals surface area contributed by atoms with Crippen LogP contribution in [-0.2, 0) is 4.79 Å². The number of carbonyl (C=O) groups excluding carboxylic acids is 1. The maximum Gasteiger partial charge on any atom is 0.246 e. The molecule has 2 aromatic carbocycles. The Morgan fingerprint density at radius 1 is 1.15 bits per heavy atom. The summed E-state index contributed by atoms with van der Waals surface area (Å²) < 4.78 is 5.92. The summed E-state index contributed by atoms with van der Waals surface area (Å²) in [4.78, 5) is 22.9. The summed E-state index contributed by atoms with van der Waals surface area (Å²) in [6.45, 7) is 4.97. The summed E-state index contributed by atoms with van der Waals surface area (Å²) in [5.41, 5.74) is 12.5. The Hall–Kier alpha value is -3.91. The minimum absolute atomic E-state index is 0.0467. The maximum absolute atomic E-state index is 12.2. The Labute approximate surface area is 192 Å². The van der Waals surface area contributed by atoms with Crippen LogP contribution < -0.4 is 15.9 Å². The van der Waals surface area contributed by atoms with Gasteiger partial charge in [0.2, 0.25) is 5.91 Å². The molecule has 0 bridgehead atoms. The minimum atomic E-state index is -0.290. The molecule has 2 aromatic rings. The zero-order valence-electron chi connectivity index (χ0n) is 18.2. The van der Waals surface area contributed by atoms with Gasteiger partial charge in [-0.2, -0.15) is 5.01 Å². The van der Waals surface area contributed by atoms with Gasteiger partial charge in [0, 0.05) is 19.1 Å². The molecule has 1 saturated heterocycles. The highest BCUT2D eigenvalue weighted by atomic mass is 16.5. The number of amidine groups is 1. The second-order valence-electron chi connectivity index (χ2n) is 8.18. The number of aliphatic imine (C=N–C) groups is 2. The van der Waals surface area contributed by atoms with Gasteiger partial charge in [-0.25, -0.2) is 9.98 Å². The largest absolute Gasteiger partial charge is 0.457 e. The number of ether oxygens (including phenoxy) is 1. The number of hydrazine groups is 1. The Balaban J connectivity index is 1.39. The third-order valence-electron chi connectivity index (χ3n) is 6.11. The van der Waals surface area contributed by atoms with Gasteiger partial charge in [-0.05, 0) is 60.9 Å². The minimum Gasteiger partial charge on any atom is -0.457 e. The fraction of sp³-hybridized carbons (Fsp3) is 0.240. The molecule has 2 unspecified atom stereocenters. The van der Waals surface area contributed by atoms with E-state index >= 15 is 0 Å². The Morgan fingerprint density at radius 2 is 1.91 bits per heavy atom. The first-order chi connectivity index (χ1) is 16.1. The molecular weight excluding hydrogens is 416 g/mol. The van der Waals surface area contributed by atoms with Gasteiger partial charge in [0.1, 0.15) is 23.7 Å². The van der Waals surface area contributed by atoms with Crippen molar-refractivity contribution in [2.45, 2.75) is 25.0 Å². The van der Waals surface area contributed by atoms with E-state index in [1.807, 2.05) is 59.5 Å². The van der Waals surface area contributed by atoms with Gasteiger partial charge in [-0.1, -0.05) is 24.8 Å². The summed E-state index contributed by atoms with van der Waals surface area (Å²) in [6.07, 6.45) is 4.45. The van der Waals surface area contributed by atoms with Crippen molar-refractivity contribution in [1.82, 2.24) is 15.3 Å². The lowest BCUT2D eigenvalue weighted by atomic mass is 10.0. The predicted molar refractivity (Wildman–Crippen MR) is 129 cm³/mol. The molecule has 3 heterocycles. The highest BCUT2D eigenvalue weighted by Crippen LogP contribution is 2.34. The molecule has 2 atom stereocenters. The fourth-order valence-corrected chi connectivity index (χ4v) is 4.49. The summed E-state index contributed by atoms with van der Waals surface area (Å²) in [5, 5.41) is 2.10. The zero-order valence-corrected chi connectivity index (χ0v) is 18.2. The van der Waals surface area contributed by atoms with Gasteiger partial charge < -0.3 is 20.8 Å². The number of para-hydroxylation sites is 1. The van der Waals surface area contributed by atoms with E-state index in [1.54, 1.807) is 0 Å². The Morgan fingerprint density at radius 3 is 2.67 bits per heavy atom. The molecule has 8 heteroatoms. The van der Waals surface area contributed by atoms with Crippen molar-refractivity contribution in [3.05, 3.63) is 78.4 Å². The van der Waals surface area contributed by atoms with Gasteiger partial charge in [-0.15, -0.1) is 0 Å². The van der Waals surface area contributed by atoms with Crippen molar-refractivity contribution in [2.75, 3.05) is 13.1 Å². The van der Waals surface area contributed by atoms with Gasteiger partial charge in [0.25, 0.3) is 0 Å². The smallest absolute Gasteiger partial charge is 0.246 e. The van der Waals surface area contributed by atoms with Crippen LogP contribution in [0.3, 0.4) is 0 Å². The van der Waals surface area contributed by atoms with Crippen LogP contribution in [0.25, 0.3) is 5.70 Å². The summed E-state index contributed by atoms with van der Waals surface area (Å²) in [7, 11) is 0. The Kier molecular flexibility index (Phi) is 5.66. The molecule has 1 amide bonds. The van der Waals surface area contributed by atoms with E-state index in [1.165, 1.54) is 12.4 Å². The number of hydrogen-bond donors (Lipinski definition) is 2. The number of likely N-dealkylation sites (tertiary alicyclic amines) is 1. The quantitative estimate of drug-likeness (QED) is 0.695. The van der Waals surface area contributed by atoms with Crippen LogP contribution in [0.2, 0.25) is 0 Å². The predicted octanol–water partition coefficient (Wildman–Crippen LogP) is 2.91. The third kappa shape index (κ3) is 4.12. The second kappa shape index (κ2) is 8.91. The lowest BCUT2D eigenvalue weighted by Crippen LogP contribution is -2.55. The summed E-state index contributed by atoms with van der Waals surface area (Å²) in [6, 6.07) is 17.6. The van der Waals surface area contributed by atoms with Crippen molar-refractivity contribution < 1.29 is 9.53 Å². The van der Waals surface area contributed by atoms with Gasteiger partial charge in [0.15, 0.2) is 6.17 Å². The molecule has 5 rings (SSSR count). The van der Waals surface area contributed by atoms with Crippen LogP contribution in [0, 0.1) is 0 Å². The van der Waals surface area contributed by atoms with E-state index < -0.39 is 0 Å². The van der Waals surface area contributed by atoms with E-state index in [9.17, 15) is 4.79 Å². The normalized spacial score (nSPS) is 22.4. The van der Waals surface area contributed by atoms with E-state index in [2.05, 4.69) is 27.0 Å². The second-order valence-corrected chi connectivity index (χ2v) is 8.18. The fourth-order valence-electron chi connectivity index (χ4n) is 4.49. The topological polar surface area (TPSA) is 95.5 Å². The highest BCUT2D eigenvalue weighted by molar-refractivity contribution is 6.09. The molecule has 1 fully saturated rings. The van der Waals surface area contributed by atoms with Gasteiger partial charge >= 0.3 is 0 Å². The highest BCUT2D eigenvalue weighted by Gasteiger charge is 2.41. The molecule has 0 spiro atoms. The number of nitrogens with zero attached hydrogens (tertiary/aromatic N) is 4. The number of rotatable bonds is 5. The molecule has 0 radical (unpaired) electrons. The zero-order chi connectivity index (χ0) is 22.8. The standard InChI is InChI=1S/C25H26N6O2/c1-2-21(32)30-14-6-7-18(15-30)31-25-22(24(26)27-16-28-25)23(29-31)17-10-12-20(13-11-17)33-19-8-4-3-5-9-19/h2-5,8-13,16,18,25,29H,1,6-7,14-15H2,(H2,26,27,28). The first kappa shape index (κ1) is 21.0. The van der Waals surface area contributed by atoms with Crippen molar-refractivity contribution in [2.24, 2.45) is 15.7 Å². The number of fused-ring (bicyclic) bond motifs is 1. The molecule has 168 valence electrons. The first-order valence-corrected chi connectivity index (χ1v) is 11.0. The molecule has 33 heavy (non-hydrogen) atoms. The SMILES string of the molecule is C=CC(=O)N1CCCC(N2NC(c3ccc(Oc4ccccc4)cc3)=C3C(N)=NC=NC32)C1. The molecule has 8 nitrogen and oxygen atoms in total. The number of nitrogens with two attached hydrogens (primary N) is 1. The van der Waals surface area contributed by atoms with Crippen LogP contribution in [0.5, 0.6) is 11.5 Å². The van der Waals surface area contributed by atoms with Crippen molar-refractivity contribution >= 4 is 23.8 Å². The third-order valence-corrected chi connectivity index (χ3v) is 6.11. The van der Waals surface area contributed by atoms with Crippen molar-refractivity contribution in [3.63, 3.8) is 0 Å². The van der Waals surface area contributed by atoms with Crippen LogP contribution in [-0.4, -0.2) is 53.3 Å². The molecule has 0 saturated carbocycles. The van der Waals surface area contributed by atoms with E-state index in [0.29, 0.717) is 12.4 Å². The first-order valence-electron chi connectivity index (χ1n) is 11.0. The average molecular weight is 443 g/mol. The maximum atomic E-state index is 12.2. The van der Waals surface area contributed by atoms with Gasteiger partial charge in [0.05, 0.1) is 11.3 Å². The number of carbonyl (C=O) groups is 1. The average Bonchev–Trinajstić information content (AvgIpc) is 3.26. The molecule has 0 aromatic heterocycles. The number of hydrogen-bond acceptors (Lipinski definition) is 7. The molecular formula is C25H26N6O2. The molecule has 3 aliphatic heterocycles.